The number of halogens is 2. The van der Waals surface area contributed by atoms with Gasteiger partial charge in [0.15, 0.2) is 22.9 Å². The second-order valence-electron chi connectivity index (χ2n) is 27.9. The van der Waals surface area contributed by atoms with E-state index in [0.29, 0.717) is 5.56 Å². The summed E-state index contributed by atoms with van der Waals surface area (Å²) in [6.07, 6.45) is -9.61. The molecule has 57 heteroatoms. The highest BCUT2D eigenvalue weighted by atomic mass is 35.5. The van der Waals surface area contributed by atoms with Crippen molar-refractivity contribution in [3.8, 4) is 57.6 Å². The number of carboxylic acid groups (broad SMARTS) is 1. The van der Waals surface area contributed by atoms with Crippen LogP contribution in [-0.4, -0.2) is 152 Å². The SMILES string of the molecule is CC(C)[C@H](OCc1cn([C@H]2C[C@@H](O)[C@@H](COP(=O)(O)OP(=O)(O)OP(=O)(O)O)O2)c(=O)[nH]c1=O)c1ccc(C#CCN)cc1[N+](=O)[O-].COc1cc2c(-c3cc(C(=O)CCC#Cc4ccc([C@@H](OCc5cn([C@H]6C[C@@H](O)[C@@H](COP(=O)(O)OP(=O)(O)OP(=O)(O)O)O6)c(=O)[nH]c5=O)C(C)C)c([N+](=O)[O-])c4)ccc3C(=O)O)c3cc(CO)c([O-])c(Cl)c3oc-2c(Cl)c1=O. The Balaban J connectivity index is 0.000000330. The van der Waals surface area contributed by atoms with E-state index >= 15 is 0 Å². The van der Waals surface area contributed by atoms with E-state index in [4.69, 9.17) is 76.6 Å². The molecule has 2 fully saturated rings. The molecule has 686 valence electrons. The number of carbonyl (C=O) groups excluding carboxylic acids is 1. The van der Waals surface area contributed by atoms with Crippen LogP contribution >= 0.6 is 70.1 Å². The number of Topliss-reactive ketones (excluding diaryl/α,β-unsaturated/α-hetero) is 1. The summed E-state index contributed by atoms with van der Waals surface area (Å²) in [6, 6.07) is 14.5. The van der Waals surface area contributed by atoms with Gasteiger partial charge in [0, 0.05) is 83.4 Å². The van der Waals surface area contributed by atoms with Gasteiger partial charge in [-0.05, 0) is 71.5 Å². The number of nitro groups is 2. The zero-order valence-electron chi connectivity index (χ0n) is 65.8. The third kappa shape index (κ3) is 26.1. The molecule has 2 aromatic heterocycles. The molecular formula is C70H74Cl2N7O42P6-. The number of benzene rings is 5. The van der Waals surface area contributed by atoms with E-state index in [0.717, 1.165) is 33.7 Å². The van der Waals surface area contributed by atoms with Gasteiger partial charge in [-0.1, -0.05) is 86.4 Å². The van der Waals surface area contributed by atoms with Crippen molar-refractivity contribution in [1.82, 2.24) is 19.1 Å². The third-order valence-corrected chi connectivity index (χ3v) is 26.6. The number of nitrogens with two attached hydrogens (primary N) is 1. The Bertz CT molecular complexity index is 6340. The normalized spacial score (nSPS) is 18.9. The van der Waals surface area contributed by atoms with Crippen LogP contribution in [0.15, 0.2) is 108 Å². The number of hydrogen-bond acceptors (Lipinski definition) is 34. The van der Waals surface area contributed by atoms with Crippen molar-refractivity contribution in [2.45, 2.75) is 122 Å². The van der Waals surface area contributed by atoms with Crippen molar-refractivity contribution >= 4 is 104 Å². The molecule has 127 heavy (non-hydrogen) atoms. The summed E-state index contributed by atoms with van der Waals surface area (Å²) in [4.78, 5) is 191. The number of H-pyrrole nitrogens is 2. The highest BCUT2D eigenvalue weighted by Gasteiger charge is 2.46. The Morgan fingerprint density at radius 2 is 1.10 bits per heavy atom. The van der Waals surface area contributed by atoms with Crippen LogP contribution in [0.1, 0.15) is 138 Å². The van der Waals surface area contributed by atoms with Gasteiger partial charge in [-0.2, -0.15) is 17.2 Å². The lowest BCUT2D eigenvalue weighted by Crippen LogP contribution is -2.34. The molecule has 2 saturated heterocycles. The molecule has 16 N–H and O–H groups in total. The number of aliphatic hydroxyl groups excluding tert-OH is 3. The molecular weight excluding hydrogens is 1870 g/mol. The number of rotatable bonds is 35. The number of carboxylic acids is 1. The molecule has 0 amide bonds. The quantitative estimate of drug-likeness (QED) is 0.00504. The summed E-state index contributed by atoms with van der Waals surface area (Å²) in [6.45, 7) is 3.05. The van der Waals surface area contributed by atoms with E-state index in [1.54, 1.807) is 33.8 Å². The largest absolute Gasteiger partial charge is 0.871 e. The molecule has 6 aromatic rings. The number of phosphoric ester groups is 2. The first kappa shape index (κ1) is 101. The molecule has 0 radical (unpaired) electrons. The van der Waals surface area contributed by atoms with Crippen molar-refractivity contribution < 1.29 is 166 Å². The number of aromatic nitrogens is 4. The lowest BCUT2D eigenvalue weighted by atomic mass is 9.88. The zero-order chi connectivity index (χ0) is 94.2. The van der Waals surface area contributed by atoms with Gasteiger partial charge in [-0.15, -0.1) is 0 Å². The Morgan fingerprint density at radius 3 is 1.52 bits per heavy atom. The number of nitro benzene ring substituents is 2. The number of aromatic amines is 2. The number of ether oxygens (including phenoxy) is 5. The van der Waals surface area contributed by atoms with Crippen molar-refractivity contribution in [2.75, 3.05) is 26.9 Å². The molecule has 3 aliphatic heterocycles. The van der Waals surface area contributed by atoms with Crippen LogP contribution in [0.4, 0.5) is 11.4 Å². The molecule has 0 spiro atoms. The third-order valence-electron chi connectivity index (χ3n) is 18.3. The summed E-state index contributed by atoms with van der Waals surface area (Å²) >= 11 is 12.9. The highest BCUT2D eigenvalue weighted by molar-refractivity contribution is 7.67. The fourth-order valence-corrected chi connectivity index (χ4v) is 19.3. The van der Waals surface area contributed by atoms with Gasteiger partial charge in [0.1, 0.15) is 29.7 Å². The summed E-state index contributed by atoms with van der Waals surface area (Å²) in [5, 5.41) is 77.7. The van der Waals surface area contributed by atoms with E-state index in [1.165, 1.54) is 55.6 Å². The average Bonchev–Trinajstić information content (AvgIpc) is 1.12. The first-order valence-corrected chi connectivity index (χ1v) is 46.0. The zero-order valence-corrected chi connectivity index (χ0v) is 72.6. The van der Waals surface area contributed by atoms with Crippen molar-refractivity contribution in [1.29, 1.82) is 0 Å². The van der Waals surface area contributed by atoms with Crippen LogP contribution in [0.2, 0.25) is 10.0 Å². The summed E-state index contributed by atoms with van der Waals surface area (Å²) < 4.78 is 129. The van der Waals surface area contributed by atoms with E-state index in [9.17, 15) is 126 Å². The lowest BCUT2D eigenvalue weighted by molar-refractivity contribution is -0.386. The Hall–Kier alpha value is -9.33. The number of aromatic carboxylic acids is 1. The van der Waals surface area contributed by atoms with Gasteiger partial charge in [-0.25, -0.2) is 41.8 Å². The Kier molecular flexibility index (Phi) is 33.2. The van der Waals surface area contributed by atoms with Crippen LogP contribution in [0.25, 0.3) is 33.4 Å². The minimum atomic E-state index is -5.86. The van der Waals surface area contributed by atoms with E-state index < -0.39 is 212 Å². The van der Waals surface area contributed by atoms with Crippen LogP contribution in [0, 0.1) is 55.7 Å². The van der Waals surface area contributed by atoms with Gasteiger partial charge >= 0.3 is 64.3 Å². The predicted molar refractivity (Wildman–Crippen MR) is 432 cm³/mol. The maximum atomic E-state index is 13.8. The van der Waals surface area contributed by atoms with Crippen molar-refractivity contribution in [3.05, 3.63) is 211 Å². The molecule has 1 aliphatic carbocycles. The molecule has 4 unspecified atom stereocenters. The number of nitrogens with one attached hydrogen (secondary N) is 2. The van der Waals surface area contributed by atoms with Crippen molar-refractivity contribution in [3.63, 3.8) is 0 Å². The standard InChI is InChI=1S/C47H44Cl2N3O25P3.C23H31N4O17P3/c1-21(2)42(72-19-25-17-51(47(61)50-45(25)58)36-16-33(55)35(74-36)20-73-79(67,68)77-80(69,70)76-78(64,65)66)27-10-8-22(12-31(27)52(62)63)6-4-5-7-32(54)23-9-11-26(46(59)60)28(13-23)37-29-14-24(18-53)40(56)38(48)43(29)75-44-30(37)15-34(71-3)41(57)39(44)49;1-13(2)21(16-6-5-14(4-3-7-24)8-17(16)27(31)32)40-11-15-10-26(23(30)25-22(15)29)20-9-18(28)19(42-20)12-41-46(36,37)44-47(38,39)43-45(33,34)35/h8-15,17,21,33,35-36,42,53,55-56H,5,7,16,18-20H2,1-3H3,(H,59,60)(H,67,68)(H,69,70)(H,50,58,61)(H2,64,65,66);5-6,8,10,13,18-21,28H,7,9,11-12,24H2,1-2H3,(H,36,37)(H,38,39)(H,25,29,30)(H2,33,34,35)/p-1/t33-,35-,36-,42+;18-,19-,20-,21+/m11/s1. The van der Waals surface area contributed by atoms with Gasteiger partial charge in [0.2, 0.25) is 5.43 Å². The van der Waals surface area contributed by atoms with Gasteiger partial charge in [0.05, 0.1) is 114 Å². The lowest BCUT2D eigenvalue weighted by Gasteiger charge is -2.22. The van der Waals surface area contributed by atoms with Gasteiger partial charge in [0.25, 0.3) is 22.5 Å². The van der Waals surface area contributed by atoms with Gasteiger partial charge in [-0.3, -0.25) is 67.6 Å². The Morgan fingerprint density at radius 1 is 0.638 bits per heavy atom. The Labute approximate surface area is 721 Å². The fourth-order valence-electron chi connectivity index (χ4n) is 12.8. The smallest absolute Gasteiger partial charge is 0.490 e. The average molecular weight is 1940 g/mol. The topological polar surface area (TPSA) is 756 Å². The summed E-state index contributed by atoms with van der Waals surface area (Å²) in [7, 11) is -32.9. The first-order valence-electron chi connectivity index (χ1n) is 36.2. The predicted octanol–water partition coefficient (Wildman–Crippen LogP) is 6.48. The van der Waals surface area contributed by atoms with Crippen molar-refractivity contribution in [2.24, 2.45) is 17.6 Å². The van der Waals surface area contributed by atoms with E-state index in [1.807, 2.05) is 0 Å². The molecule has 4 aromatic carbocycles. The maximum Gasteiger partial charge on any atom is 0.490 e. The van der Waals surface area contributed by atoms with Crippen LogP contribution in [-0.2, 0) is 92.4 Å². The number of carbonyl (C=O) groups is 2. The van der Waals surface area contributed by atoms with Crippen LogP contribution in [0.3, 0.4) is 0 Å². The number of nitrogens with zero attached hydrogens (tertiary/aromatic N) is 4. The van der Waals surface area contributed by atoms with Crippen LogP contribution < -0.4 is 43.5 Å². The van der Waals surface area contributed by atoms with E-state index in [-0.39, 0.29) is 121 Å². The fraction of sp³-hybridized carbons (Fsp3) is 0.357. The molecule has 4 aliphatic rings. The molecule has 12 atom stereocenters. The maximum absolute atomic E-state index is 13.8. The number of aliphatic hydroxyl groups is 3. The number of methoxy groups -OCH3 is 1. The second kappa shape index (κ2) is 41.6. The van der Waals surface area contributed by atoms with E-state index in [2.05, 4.69) is 59.9 Å². The molecule has 0 bridgehead atoms. The second-order valence-corrected chi connectivity index (χ2v) is 37.5. The molecule has 49 nitrogen and oxygen atoms in total. The molecule has 0 saturated carbocycles. The first-order chi connectivity index (χ1) is 59.2. The molecule has 10 rings (SSSR count). The summed E-state index contributed by atoms with van der Waals surface area (Å²) in [5.41, 5.74) is -0.392. The number of ketones is 1. The minimum absolute atomic E-state index is 0.00485. The minimum Gasteiger partial charge on any atom is -0.871 e. The molecule has 5 heterocycles. The monoisotopic (exact) mass is 1940 g/mol. The number of fused-ring (bicyclic) bond motifs is 2. The summed E-state index contributed by atoms with van der Waals surface area (Å²) in [5.74, 6) is 6.76. The van der Waals surface area contributed by atoms with Gasteiger partial charge < -0.3 is 98.5 Å². The number of phosphoric acid groups is 6. The highest BCUT2D eigenvalue weighted by Crippen LogP contribution is 2.68. The van der Waals surface area contributed by atoms with Crippen LogP contribution in [0.5, 0.6) is 11.5 Å². The number of hydrogen-bond donors (Lipinski definition) is 15.